The zero-order chi connectivity index (χ0) is 53.2. The molecule has 0 aliphatic heterocycles. The Morgan fingerprint density at radius 1 is 0.310 bits per heavy atom. The van der Waals surface area contributed by atoms with Crippen molar-refractivity contribution in [3.05, 3.63) is 105 Å². The van der Waals surface area contributed by atoms with E-state index in [1.54, 1.807) is 0 Å². The Labute approximate surface area is 436 Å². The van der Waals surface area contributed by atoms with Crippen molar-refractivity contribution < 1.29 is 28.6 Å². The van der Waals surface area contributed by atoms with Gasteiger partial charge in [0, 0.05) is 19.6 Å². The molecular weight excluding hydrogens is 883 g/mol. The summed E-state index contributed by atoms with van der Waals surface area (Å²) in [7, 11) is 4.15. The van der Waals surface area contributed by atoms with E-state index in [1.807, 2.05) is 18.2 Å². The van der Waals surface area contributed by atoms with Crippen LogP contribution in [-0.2, 0) is 28.6 Å². The smallest absolute Gasteiger partial charge is 0.307 e. The molecule has 9 nitrogen and oxygen atoms in total. The lowest BCUT2D eigenvalue weighted by molar-refractivity contribution is -0.144. The van der Waals surface area contributed by atoms with Crippen LogP contribution in [0.25, 0.3) is 0 Å². The molecule has 0 amide bonds. The fourth-order valence-electron chi connectivity index (χ4n) is 7.61. The molecule has 404 valence electrons. The number of esters is 3. The third-order valence-corrected chi connectivity index (χ3v) is 12.3. The van der Waals surface area contributed by atoms with E-state index < -0.39 is 0 Å². The second-order valence-electron chi connectivity index (χ2n) is 20.9. The lowest BCUT2D eigenvalue weighted by Crippen LogP contribution is -2.35. The van der Waals surface area contributed by atoms with Gasteiger partial charge in [-0.15, -0.1) is 0 Å². The zero-order valence-corrected chi connectivity index (χ0v) is 48.1. The zero-order valence-electron chi connectivity index (χ0n) is 48.1. The van der Waals surface area contributed by atoms with Crippen LogP contribution in [0.4, 0.5) is 0 Å². The first-order valence-electron chi connectivity index (χ1n) is 27.2. The lowest BCUT2D eigenvalue weighted by atomic mass is 10.1. The summed E-state index contributed by atoms with van der Waals surface area (Å²) in [6.45, 7) is 31.4. The maximum Gasteiger partial charge on any atom is 0.307 e. The van der Waals surface area contributed by atoms with Crippen LogP contribution in [0.2, 0.25) is 0 Å². The van der Waals surface area contributed by atoms with Crippen LogP contribution in [0.1, 0.15) is 192 Å². The molecule has 0 saturated carbocycles. The number of carbonyl (C=O) groups is 3. The average Bonchev–Trinajstić information content (AvgIpc) is 3.28. The Morgan fingerprint density at radius 3 is 0.817 bits per heavy atom. The highest BCUT2D eigenvalue weighted by molar-refractivity contribution is 5.70. The van der Waals surface area contributed by atoms with Gasteiger partial charge in [0.2, 0.25) is 0 Å². The predicted molar refractivity (Wildman–Crippen MR) is 304 cm³/mol. The summed E-state index contributed by atoms with van der Waals surface area (Å²) in [5.74, 6) is -0.686. The third-order valence-electron chi connectivity index (χ3n) is 12.3. The van der Waals surface area contributed by atoms with E-state index in [4.69, 9.17) is 14.2 Å². The molecule has 0 rings (SSSR count). The molecule has 0 fully saturated rings. The maximum atomic E-state index is 13.0. The van der Waals surface area contributed by atoms with Gasteiger partial charge in [-0.3, -0.25) is 14.4 Å². The molecular formula is C62H105N3O6. The Bertz CT molecular complexity index is 1700. The molecule has 0 unspecified atom stereocenters. The minimum atomic E-state index is -0.248. The van der Waals surface area contributed by atoms with Crippen LogP contribution in [0, 0.1) is 0 Å². The highest BCUT2D eigenvalue weighted by atomic mass is 16.5. The van der Waals surface area contributed by atoms with Gasteiger partial charge >= 0.3 is 17.9 Å². The molecule has 0 aromatic carbocycles. The van der Waals surface area contributed by atoms with Gasteiger partial charge in [0.05, 0.1) is 19.3 Å². The van der Waals surface area contributed by atoms with Gasteiger partial charge < -0.3 is 28.9 Å². The van der Waals surface area contributed by atoms with E-state index >= 15 is 0 Å². The van der Waals surface area contributed by atoms with Crippen LogP contribution in [0.3, 0.4) is 0 Å². The van der Waals surface area contributed by atoms with Crippen LogP contribution in [-0.4, -0.2) is 112 Å². The SMILES string of the molecule is CC(C)=CCC/C(C)=C/CC/C(C)=C/COC(=O)CCN(CCCN(C)C)CCCN(CCC(=O)OC/C=C(\C)CC/C=C(\C)CCC=C(C)C)CCC(=O)OC/C=C(\C)CC/C=C(\C)CCC=C(C)C. The van der Waals surface area contributed by atoms with Crippen molar-refractivity contribution >= 4 is 17.9 Å². The van der Waals surface area contributed by atoms with Gasteiger partial charge in [0.15, 0.2) is 0 Å². The van der Waals surface area contributed by atoms with Gasteiger partial charge in [-0.1, -0.05) is 86.6 Å². The van der Waals surface area contributed by atoms with E-state index in [0.29, 0.717) is 39.2 Å². The molecule has 0 heterocycles. The van der Waals surface area contributed by atoms with Gasteiger partial charge in [-0.05, 0) is 231 Å². The molecule has 0 spiro atoms. The number of hydrogen-bond acceptors (Lipinski definition) is 9. The normalized spacial score (nSPS) is 13.0. The van der Waals surface area contributed by atoms with Gasteiger partial charge in [0.1, 0.15) is 19.8 Å². The number of rotatable bonds is 41. The van der Waals surface area contributed by atoms with Crippen molar-refractivity contribution in [1.82, 2.24) is 14.7 Å². The summed E-state index contributed by atoms with van der Waals surface area (Å²) < 4.78 is 16.9. The Hall–Kier alpha value is -4.05. The fraction of sp³-hybridized carbons (Fsp3) is 0.661. The van der Waals surface area contributed by atoms with Gasteiger partial charge in [-0.2, -0.15) is 0 Å². The highest BCUT2D eigenvalue weighted by Crippen LogP contribution is 2.15. The van der Waals surface area contributed by atoms with Gasteiger partial charge in [0.25, 0.3) is 0 Å². The molecule has 0 N–H and O–H groups in total. The van der Waals surface area contributed by atoms with Crippen molar-refractivity contribution in [2.24, 2.45) is 0 Å². The first-order valence-corrected chi connectivity index (χ1v) is 27.2. The average molecular weight is 989 g/mol. The monoisotopic (exact) mass is 988 g/mol. The first-order chi connectivity index (χ1) is 33.7. The van der Waals surface area contributed by atoms with Crippen LogP contribution in [0.5, 0.6) is 0 Å². The van der Waals surface area contributed by atoms with Crippen molar-refractivity contribution in [2.45, 2.75) is 192 Å². The summed E-state index contributed by atoms with van der Waals surface area (Å²) in [6, 6.07) is 0. The number of nitrogens with zero attached hydrogens (tertiary/aromatic N) is 3. The molecule has 0 radical (unpaired) electrons. The van der Waals surface area contributed by atoms with Crippen molar-refractivity contribution in [3.63, 3.8) is 0 Å². The molecule has 71 heavy (non-hydrogen) atoms. The van der Waals surface area contributed by atoms with E-state index in [-0.39, 0.29) is 44.0 Å². The molecule has 0 bridgehead atoms. The third kappa shape index (κ3) is 45.5. The van der Waals surface area contributed by atoms with Gasteiger partial charge in [-0.25, -0.2) is 0 Å². The van der Waals surface area contributed by atoms with Crippen molar-refractivity contribution in [1.29, 1.82) is 0 Å². The predicted octanol–water partition coefficient (Wildman–Crippen LogP) is 15.0. The highest BCUT2D eigenvalue weighted by Gasteiger charge is 2.15. The molecule has 0 atom stereocenters. The van der Waals surface area contributed by atoms with Crippen LogP contribution in [0.15, 0.2) is 105 Å². The summed E-state index contributed by atoms with van der Waals surface area (Å²) in [4.78, 5) is 45.6. The standard InChI is InChI=1S/C62H105N3O6/c1-51(2)23-15-26-54(7)29-18-32-57(10)38-48-69-60(66)35-45-64(42-21-41-63(13)14)43-22-44-65(46-36-61(67)70-49-39-58(11)33-19-30-55(8)27-16-24-52(3)4)47-37-62(68)71-50-40-59(12)34-20-31-56(9)28-17-25-53(5)6/h23-25,29-31,38-40H,15-22,26-28,32-37,41-50H2,1-14H3/b54-29+,55-30+,56-31+,57-38+,58-39+,59-40+. The minimum Gasteiger partial charge on any atom is -0.461 e. The first kappa shape index (κ1) is 67.0. The second-order valence-corrected chi connectivity index (χ2v) is 20.9. The molecule has 9 heteroatoms. The van der Waals surface area contributed by atoms with Crippen LogP contribution >= 0.6 is 0 Å². The molecule has 0 aliphatic rings. The Balaban J connectivity index is 5.45. The van der Waals surface area contributed by atoms with E-state index in [2.05, 4.69) is 148 Å². The fourth-order valence-corrected chi connectivity index (χ4v) is 7.61. The lowest BCUT2D eigenvalue weighted by Gasteiger charge is -2.26. The number of hydrogen-bond donors (Lipinski definition) is 0. The molecule has 0 aromatic rings. The topological polar surface area (TPSA) is 88.6 Å². The quantitative estimate of drug-likeness (QED) is 0.0338. The number of carbonyl (C=O) groups excluding carboxylic acids is 3. The Morgan fingerprint density at radius 2 is 0.549 bits per heavy atom. The summed E-state index contributed by atoms with van der Waals surface area (Å²) in [5.41, 5.74) is 11.9. The second kappa shape index (κ2) is 43.5. The molecule has 0 aromatic heterocycles. The van der Waals surface area contributed by atoms with Crippen molar-refractivity contribution in [2.75, 3.05) is 79.7 Å². The summed E-state index contributed by atoms with van der Waals surface area (Å²) in [5, 5.41) is 0. The number of ether oxygens (including phenoxy) is 3. The van der Waals surface area contributed by atoms with E-state index in [0.717, 1.165) is 110 Å². The summed E-state index contributed by atoms with van der Waals surface area (Å²) >= 11 is 0. The van der Waals surface area contributed by atoms with E-state index in [9.17, 15) is 14.4 Å². The molecule has 0 saturated heterocycles. The largest absolute Gasteiger partial charge is 0.461 e. The van der Waals surface area contributed by atoms with Crippen molar-refractivity contribution in [3.8, 4) is 0 Å². The number of allylic oxidation sites excluding steroid dienone is 15. The molecule has 0 aliphatic carbocycles. The Kier molecular flexibility index (Phi) is 41.0. The van der Waals surface area contributed by atoms with Crippen LogP contribution < -0.4 is 0 Å². The maximum absolute atomic E-state index is 13.0. The van der Waals surface area contributed by atoms with E-state index in [1.165, 1.54) is 50.2 Å². The minimum absolute atomic E-state index is 0.189. The summed E-state index contributed by atoms with van der Waals surface area (Å²) in [6.07, 6.45) is 34.7.